The second-order valence-corrected chi connectivity index (χ2v) is 5.05. The maximum absolute atomic E-state index is 14.2. The molecule has 0 bridgehead atoms. The number of fused-ring (bicyclic) bond motifs is 1. The molecule has 0 nitrogen and oxygen atoms in total. The Morgan fingerprint density at radius 3 is 2.40 bits per heavy atom. The summed E-state index contributed by atoms with van der Waals surface area (Å²) >= 11 is 0. The van der Waals surface area contributed by atoms with Crippen molar-refractivity contribution in [2.24, 2.45) is 0 Å². The molecule has 0 saturated heterocycles. The first-order valence-electron chi connectivity index (χ1n) is 7.07. The fraction of sp³-hybridized carbons (Fsp3) is 0.158. The van der Waals surface area contributed by atoms with Crippen molar-refractivity contribution < 1.29 is 4.39 Å². The molecule has 0 spiro atoms. The topological polar surface area (TPSA) is 0 Å². The Balaban J connectivity index is 2.36. The van der Waals surface area contributed by atoms with Gasteiger partial charge in [0.05, 0.1) is 0 Å². The van der Waals surface area contributed by atoms with E-state index in [0.717, 1.165) is 29.2 Å². The minimum atomic E-state index is -0.152. The van der Waals surface area contributed by atoms with E-state index in [-0.39, 0.29) is 5.82 Å². The monoisotopic (exact) mass is 264 g/mol. The normalized spacial score (nSPS) is 10.9. The highest BCUT2D eigenvalue weighted by Gasteiger charge is 2.12. The van der Waals surface area contributed by atoms with E-state index in [1.54, 1.807) is 6.07 Å². The molecule has 0 radical (unpaired) electrons. The Labute approximate surface area is 118 Å². The van der Waals surface area contributed by atoms with E-state index in [0.29, 0.717) is 5.56 Å². The van der Waals surface area contributed by atoms with E-state index >= 15 is 0 Å². The third kappa shape index (κ3) is 2.20. The quantitative estimate of drug-likeness (QED) is 0.577. The van der Waals surface area contributed by atoms with Gasteiger partial charge in [-0.15, -0.1) is 0 Å². The van der Waals surface area contributed by atoms with Crippen molar-refractivity contribution in [2.45, 2.75) is 19.8 Å². The number of rotatable bonds is 3. The van der Waals surface area contributed by atoms with Crippen molar-refractivity contribution >= 4 is 10.8 Å². The van der Waals surface area contributed by atoms with Crippen LogP contribution in [0.3, 0.4) is 0 Å². The van der Waals surface area contributed by atoms with Crippen molar-refractivity contribution in [3.63, 3.8) is 0 Å². The molecule has 0 N–H and O–H groups in total. The van der Waals surface area contributed by atoms with Crippen molar-refractivity contribution in [3.8, 4) is 11.1 Å². The van der Waals surface area contributed by atoms with Gasteiger partial charge in [0, 0.05) is 5.56 Å². The molecule has 0 saturated carbocycles. The zero-order valence-electron chi connectivity index (χ0n) is 11.6. The van der Waals surface area contributed by atoms with E-state index in [4.69, 9.17) is 0 Å². The lowest BCUT2D eigenvalue weighted by atomic mass is 9.91. The minimum absolute atomic E-state index is 0.152. The van der Waals surface area contributed by atoms with Crippen LogP contribution in [0, 0.1) is 5.82 Å². The highest BCUT2D eigenvalue weighted by molar-refractivity contribution is 5.98. The second-order valence-electron chi connectivity index (χ2n) is 5.05. The third-order valence-electron chi connectivity index (χ3n) is 3.68. The molecular formula is C19H17F. The first-order valence-corrected chi connectivity index (χ1v) is 7.07. The summed E-state index contributed by atoms with van der Waals surface area (Å²) in [6.07, 6.45) is 2.02. The highest BCUT2D eigenvalue weighted by atomic mass is 19.1. The van der Waals surface area contributed by atoms with Crippen LogP contribution >= 0.6 is 0 Å². The van der Waals surface area contributed by atoms with Crippen LogP contribution in [0.2, 0.25) is 0 Å². The third-order valence-corrected chi connectivity index (χ3v) is 3.68. The van der Waals surface area contributed by atoms with Gasteiger partial charge in [0.1, 0.15) is 5.82 Å². The Hall–Kier alpha value is -2.15. The van der Waals surface area contributed by atoms with Gasteiger partial charge in [-0.1, -0.05) is 67.9 Å². The number of halogens is 1. The number of aryl methyl sites for hydroxylation is 1. The van der Waals surface area contributed by atoms with Crippen molar-refractivity contribution in [1.29, 1.82) is 0 Å². The Morgan fingerprint density at radius 2 is 1.60 bits per heavy atom. The molecule has 0 fully saturated rings. The fourth-order valence-corrected chi connectivity index (χ4v) is 2.78. The van der Waals surface area contributed by atoms with E-state index in [9.17, 15) is 4.39 Å². The van der Waals surface area contributed by atoms with E-state index in [2.05, 4.69) is 31.2 Å². The van der Waals surface area contributed by atoms with Gasteiger partial charge < -0.3 is 0 Å². The summed E-state index contributed by atoms with van der Waals surface area (Å²) in [4.78, 5) is 0. The van der Waals surface area contributed by atoms with Crippen LogP contribution in [0.15, 0.2) is 60.7 Å². The predicted molar refractivity (Wildman–Crippen MR) is 83.3 cm³/mol. The molecule has 0 unspecified atom stereocenters. The SMILES string of the molecule is CCCc1ccc2ccccc2c1-c1ccccc1F. The molecule has 1 heteroatoms. The van der Waals surface area contributed by atoms with Gasteiger partial charge in [-0.05, 0) is 34.4 Å². The smallest absolute Gasteiger partial charge is 0.131 e. The van der Waals surface area contributed by atoms with E-state index < -0.39 is 0 Å². The van der Waals surface area contributed by atoms with Gasteiger partial charge >= 0.3 is 0 Å². The maximum atomic E-state index is 14.2. The summed E-state index contributed by atoms with van der Waals surface area (Å²) < 4.78 is 14.2. The van der Waals surface area contributed by atoms with Crippen LogP contribution in [0.25, 0.3) is 21.9 Å². The van der Waals surface area contributed by atoms with E-state index in [1.807, 2.05) is 24.3 Å². The molecule has 3 aromatic carbocycles. The average molecular weight is 264 g/mol. The number of benzene rings is 3. The summed E-state index contributed by atoms with van der Waals surface area (Å²) in [6.45, 7) is 2.15. The molecule has 0 heterocycles. The zero-order chi connectivity index (χ0) is 13.9. The summed E-state index contributed by atoms with van der Waals surface area (Å²) in [5.74, 6) is -0.152. The first-order chi connectivity index (χ1) is 9.81. The standard InChI is InChI=1S/C19H17F/c1-2-7-15-13-12-14-8-3-4-9-16(14)19(15)17-10-5-6-11-18(17)20/h3-6,8-13H,2,7H2,1H3. The van der Waals surface area contributed by atoms with Crippen LogP contribution in [0.1, 0.15) is 18.9 Å². The Bertz CT molecular complexity index is 744. The van der Waals surface area contributed by atoms with Gasteiger partial charge in [0.25, 0.3) is 0 Å². The molecule has 3 aromatic rings. The largest absolute Gasteiger partial charge is 0.206 e. The maximum Gasteiger partial charge on any atom is 0.131 e. The molecule has 20 heavy (non-hydrogen) atoms. The summed E-state index contributed by atoms with van der Waals surface area (Å²) in [6, 6.07) is 19.5. The average Bonchev–Trinajstić information content (AvgIpc) is 2.48. The molecule has 0 atom stereocenters. The predicted octanol–water partition coefficient (Wildman–Crippen LogP) is 5.60. The molecule has 0 aliphatic rings. The summed E-state index contributed by atoms with van der Waals surface area (Å²) in [7, 11) is 0. The lowest BCUT2D eigenvalue weighted by molar-refractivity contribution is 0.631. The number of hydrogen-bond acceptors (Lipinski definition) is 0. The molecule has 3 rings (SSSR count). The molecule has 0 amide bonds. The van der Waals surface area contributed by atoms with Gasteiger partial charge in [0.2, 0.25) is 0 Å². The molecule has 100 valence electrons. The lowest BCUT2D eigenvalue weighted by Gasteiger charge is -2.14. The van der Waals surface area contributed by atoms with Crippen LogP contribution in [0.4, 0.5) is 4.39 Å². The van der Waals surface area contributed by atoms with Crippen LogP contribution < -0.4 is 0 Å². The van der Waals surface area contributed by atoms with Gasteiger partial charge in [-0.25, -0.2) is 4.39 Å². The molecule has 0 aliphatic carbocycles. The fourth-order valence-electron chi connectivity index (χ4n) is 2.78. The highest BCUT2D eigenvalue weighted by Crippen LogP contribution is 2.34. The van der Waals surface area contributed by atoms with Crippen LogP contribution in [-0.2, 0) is 6.42 Å². The zero-order valence-corrected chi connectivity index (χ0v) is 11.6. The van der Waals surface area contributed by atoms with Crippen LogP contribution in [-0.4, -0.2) is 0 Å². The Morgan fingerprint density at radius 1 is 0.850 bits per heavy atom. The molecule has 0 aromatic heterocycles. The van der Waals surface area contributed by atoms with Crippen molar-refractivity contribution in [2.75, 3.05) is 0 Å². The minimum Gasteiger partial charge on any atom is -0.206 e. The second kappa shape index (κ2) is 5.46. The van der Waals surface area contributed by atoms with E-state index in [1.165, 1.54) is 11.6 Å². The molecule has 0 aliphatic heterocycles. The summed E-state index contributed by atoms with van der Waals surface area (Å²) in [5, 5.41) is 2.29. The lowest BCUT2D eigenvalue weighted by Crippen LogP contribution is -1.93. The van der Waals surface area contributed by atoms with Crippen molar-refractivity contribution in [1.82, 2.24) is 0 Å². The number of hydrogen-bond donors (Lipinski definition) is 0. The van der Waals surface area contributed by atoms with Gasteiger partial charge in [-0.2, -0.15) is 0 Å². The van der Waals surface area contributed by atoms with Crippen molar-refractivity contribution in [3.05, 3.63) is 72.0 Å². The van der Waals surface area contributed by atoms with Crippen LogP contribution in [0.5, 0.6) is 0 Å². The van der Waals surface area contributed by atoms with Gasteiger partial charge in [0.15, 0.2) is 0 Å². The summed E-state index contributed by atoms with van der Waals surface area (Å²) in [5.41, 5.74) is 2.96. The van der Waals surface area contributed by atoms with Gasteiger partial charge in [-0.3, -0.25) is 0 Å². The first kappa shape index (κ1) is 12.9. The Kier molecular flexibility index (Phi) is 3.51. The molecular weight excluding hydrogens is 247 g/mol.